The Morgan fingerprint density at radius 2 is 2.17 bits per heavy atom. The van der Waals surface area contributed by atoms with Crippen molar-refractivity contribution in [2.24, 2.45) is 0 Å². The van der Waals surface area contributed by atoms with E-state index in [9.17, 15) is 13.2 Å². The molecular formula is C11H12F3N3O. The molecule has 0 aliphatic carbocycles. The van der Waals surface area contributed by atoms with Crippen molar-refractivity contribution in [1.29, 1.82) is 5.26 Å². The minimum atomic E-state index is -4.32. The van der Waals surface area contributed by atoms with Crippen LogP contribution in [0.25, 0.3) is 0 Å². The highest BCUT2D eigenvalue weighted by molar-refractivity contribution is 5.52. The van der Waals surface area contributed by atoms with Crippen molar-refractivity contribution in [2.75, 3.05) is 25.1 Å². The summed E-state index contributed by atoms with van der Waals surface area (Å²) in [6.07, 6.45) is -4.32. The van der Waals surface area contributed by atoms with Gasteiger partial charge in [0.05, 0.1) is 12.2 Å². The molecule has 0 unspecified atom stereocenters. The van der Waals surface area contributed by atoms with Gasteiger partial charge in [0.25, 0.3) is 0 Å². The van der Waals surface area contributed by atoms with Crippen LogP contribution in [0.3, 0.4) is 0 Å². The summed E-state index contributed by atoms with van der Waals surface area (Å²) in [6.45, 7) is 0.523. The highest BCUT2D eigenvalue weighted by Crippen LogP contribution is 2.14. The van der Waals surface area contributed by atoms with Gasteiger partial charge in [-0.3, -0.25) is 0 Å². The van der Waals surface area contributed by atoms with Gasteiger partial charge in [-0.15, -0.1) is 0 Å². The number of hydrogen-bond acceptors (Lipinski definition) is 4. The van der Waals surface area contributed by atoms with Crippen LogP contribution in [-0.4, -0.2) is 30.9 Å². The summed E-state index contributed by atoms with van der Waals surface area (Å²) in [5.74, 6) is 0.355. The van der Waals surface area contributed by atoms with E-state index >= 15 is 0 Å². The second-order valence-electron chi connectivity index (χ2n) is 3.56. The molecule has 98 valence electrons. The highest BCUT2D eigenvalue weighted by Gasteiger charge is 2.27. The fourth-order valence-corrected chi connectivity index (χ4v) is 1.21. The van der Waals surface area contributed by atoms with Crippen molar-refractivity contribution in [2.45, 2.75) is 13.1 Å². The maximum Gasteiger partial charge on any atom is 0.411 e. The molecule has 0 amide bonds. The van der Waals surface area contributed by atoms with E-state index in [0.29, 0.717) is 17.1 Å². The molecule has 0 spiro atoms. The highest BCUT2D eigenvalue weighted by atomic mass is 19.4. The van der Waals surface area contributed by atoms with Crippen molar-refractivity contribution < 1.29 is 17.9 Å². The molecule has 1 N–H and O–H groups in total. The molecule has 1 heterocycles. The fraction of sp³-hybridized carbons (Fsp3) is 0.455. The van der Waals surface area contributed by atoms with E-state index < -0.39 is 12.8 Å². The first-order valence-corrected chi connectivity index (χ1v) is 5.18. The number of ether oxygens (including phenoxy) is 1. The summed E-state index contributed by atoms with van der Waals surface area (Å²) >= 11 is 0. The lowest BCUT2D eigenvalue weighted by Gasteiger charge is -2.10. The third-order valence-corrected chi connectivity index (χ3v) is 1.96. The number of aryl methyl sites for hydroxylation is 1. The monoisotopic (exact) mass is 259 g/mol. The van der Waals surface area contributed by atoms with E-state index in [2.05, 4.69) is 15.0 Å². The predicted octanol–water partition coefficient (Wildman–Crippen LogP) is 2.25. The number of aromatic nitrogens is 1. The Morgan fingerprint density at radius 3 is 2.78 bits per heavy atom. The normalized spacial score (nSPS) is 11.1. The summed E-state index contributed by atoms with van der Waals surface area (Å²) in [5.41, 5.74) is 1.06. The molecule has 0 aliphatic rings. The first-order valence-electron chi connectivity index (χ1n) is 5.18. The molecule has 1 aromatic heterocycles. The van der Waals surface area contributed by atoms with Crippen molar-refractivity contribution in [3.8, 4) is 6.07 Å². The van der Waals surface area contributed by atoms with Crippen LogP contribution < -0.4 is 5.32 Å². The number of rotatable bonds is 5. The van der Waals surface area contributed by atoms with Gasteiger partial charge >= 0.3 is 6.18 Å². The lowest BCUT2D eigenvalue weighted by atomic mass is 10.2. The third-order valence-electron chi connectivity index (χ3n) is 1.96. The Kier molecular flexibility index (Phi) is 4.92. The van der Waals surface area contributed by atoms with Gasteiger partial charge in [-0.1, -0.05) is 0 Å². The minimum Gasteiger partial charge on any atom is -0.370 e. The van der Waals surface area contributed by atoms with Gasteiger partial charge in [-0.25, -0.2) is 4.98 Å². The van der Waals surface area contributed by atoms with Crippen molar-refractivity contribution >= 4 is 5.82 Å². The Balaban J connectivity index is 2.40. The number of alkyl halides is 3. The summed E-state index contributed by atoms with van der Waals surface area (Å²) in [5, 5.41) is 11.6. The summed E-state index contributed by atoms with van der Waals surface area (Å²) in [6, 6.07) is 5.22. The molecular weight excluding hydrogens is 247 g/mol. The van der Waals surface area contributed by atoms with Crippen molar-refractivity contribution in [3.63, 3.8) is 0 Å². The molecule has 1 aromatic rings. The molecule has 0 radical (unpaired) electrons. The smallest absolute Gasteiger partial charge is 0.370 e. The molecule has 1 rings (SSSR count). The molecule has 7 heteroatoms. The summed E-state index contributed by atoms with van der Waals surface area (Å²) in [7, 11) is 0. The van der Waals surface area contributed by atoms with Gasteiger partial charge in [-0.2, -0.15) is 18.4 Å². The Hall–Kier alpha value is -1.81. The largest absolute Gasteiger partial charge is 0.411 e. The van der Waals surface area contributed by atoms with Crippen LogP contribution in [0.1, 0.15) is 11.3 Å². The van der Waals surface area contributed by atoms with E-state index in [1.165, 1.54) is 0 Å². The molecule has 0 fully saturated rings. The van der Waals surface area contributed by atoms with Gasteiger partial charge in [0.15, 0.2) is 0 Å². The quantitative estimate of drug-likeness (QED) is 0.824. The van der Waals surface area contributed by atoms with Crippen LogP contribution in [0.15, 0.2) is 12.1 Å². The predicted molar refractivity (Wildman–Crippen MR) is 59.1 cm³/mol. The second kappa shape index (κ2) is 6.21. The first kappa shape index (κ1) is 14.3. The first-order chi connectivity index (χ1) is 8.42. The number of nitriles is 1. The lowest BCUT2D eigenvalue weighted by Crippen LogP contribution is -2.20. The molecule has 0 aliphatic heterocycles. The van der Waals surface area contributed by atoms with E-state index in [1.54, 1.807) is 19.1 Å². The molecule has 18 heavy (non-hydrogen) atoms. The van der Waals surface area contributed by atoms with Gasteiger partial charge in [0.1, 0.15) is 18.5 Å². The number of pyridine rings is 1. The zero-order chi connectivity index (χ0) is 13.6. The third kappa shape index (κ3) is 5.01. The van der Waals surface area contributed by atoms with Crippen LogP contribution in [0, 0.1) is 18.3 Å². The zero-order valence-electron chi connectivity index (χ0n) is 9.71. The maximum absolute atomic E-state index is 11.8. The summed E-state index contributed by atoms with van der Waals surface area (Å²) < 4.78 is 39.8. The Bertz CT molecular complexity index is 440. The molecule has 0 aromatic carbocycles. The van der Waals surface area contributed by atoms with Gasteiger partial charge in [0, 0.05) is 12.2 Å². The van der Waals surface area contributed by atoms with Crippen molar-refractivity contribution in [3.05, 3.63) is 23.4 Å². The van der Waals surface area contributed by atoms with Crippen LogP contribution in [0.2, 0.25) is 0 Å². The number of anilines is 1. The van der Waals surface area contributed by atoms with Crippen LogP contribution in [0.4, 0.5) is 19.0 Å². The molecule has 0 saturated carbocycles. The summed E-state index contributed by atoms with van der Waals surface area (Å²) in [4.78, 5) is 4.08. The van der Waals surface area contributed by atoms with Gasteiger partial charge in [0.2, 0.25) is 0 Å². The fourth-order valence-electron chi connectivity index (χ4n) is 1.21. The standard InChI is InChI=1S/C11H12F3N3O/c1-8-2-3-9(6-15)10(17-8)16-4-5-18-7-11(12,13)14/h2-3H,4-5,7H2,1H3,(H,16,17). The number of hydrogen-bond donors (Lipinski definition) is 1. The Labute approximate surface area is 102 Å². The Morgan fingerprint density at radius 1 is 1.44 bits per heavy atom. The van der Waals surface area contributed by atoms with Gasteiger partial charge in [-0.05, 0) is 19.1 Å². The molecule has 0 saturated heterocycles. The van der Waals surface area contributed by atoms with Gasteiger partial charge < -0.3 is 10.1 Å². The zero-order valence-corrected chi connectivity index (χ0v) is 9.71. The van der Waals surface area contributed by atoms with E-state index in [4.69, 9.17) is 5.26 Å². The molecule has 0 atom stereocenters. The van der Waals surface area contributed by atoms with Crippen LogP contribution in [0.5, 0.6) is 0 Å². The topological polar surface area (TPSA) is 57.9 Å². The number of halogens is 3. The van der Waals surface area contributed by atoms with E-state index in [1.807, 2.05) is 6.07 Å². The molecule has 0 bridgehead atoms. The second-order valence-corrected chi connectivity index (χ2v) is 3.56. The van der Waals surface area contributed by atoms with E-state index in [0.717, 1.165) is 0 Å². The average Bonchev–Trinajstić information content (AvgIpc) is 2.27. The number of nitrogens with zero attached hydrogens (tertiary/aromatic N) is 2. The minimum absolute atomic E-state index is 0.111. The van der Waals surface area contributed by atoms with Crippen LogP contribution >= 0.6 is 0 Å². The van der Waals surface area contributed by atoms with E-state index in [-0.39, 0.29) is 13.2 Å². The SMILES string of the molecule is Cc1ccc(C#N)c(NCCOCC(F)(F)F)n1. The maximum atomic E-state index is 11.8. The number of nitrogens with one attached hydrogen (secondary N) is 1. The van der Waals surface area contributed by atoms with Crippen LogP contribution in [-0.2, 0) is 4.74 Å². The van der Waals surface area contributed by atoms with Crippen molar-refractivity contribution in [1.82, 2.24) is 4.98 Å². The average molecular weight is 259 g/mol. The molecule has 4 nitrogen and oxygen atoms in total. The lowest BCUT2D eigenvalue weighted by molar-refractivity contribution is -0.172.